The summed E-state index contributed by atoms with van der Waals surface area (Å²) in [4.78, 5) is 8.47. The monoisotopic (exact) mass is 260 g/mol. The summed E-state index contributed by atoms with van der Waals surface area (Å²) >= 11 is 5.91. The minimum Gasteiger partial charge on any atom is -0.480 e. The van der Waals surface area contributed by atoms with Crippen LogP contribution in [0.25, 0.3) is 16.9 Å². The van der Waals surface area contributed by atoms with Gasteiger partial charge in [-0.2, -0.15) is 10.1 Å². The number of aromatic nitrogens is 4. The van der Waals surface area contributed by atoms with Gasteiger partial charge in [0, 0.05) is 6.20 Å². The smallest absolute Gasteiger partial charge is 0.235 e. The zero-order valence-electron chi connectivity index (χ0n) is 9.54. The van der Waals surface area contributed by atoms with E-state index in [1.54, 1.807) is 10.7 Å². The van der Waals surface area contributed by atoms with Gasteiger partial charge in [0.15, 0.2) is 5.82 Å². The summed E-state index contributed by atoms with van der Waals surface area (Å²) in [5, 5.41) is 4.62. The van der Waals surface area contributed by atoms with Gasteiger partial charge in [-0.3, -0.25) is 0 Å². The molecule has 0 saturated carbocycles. The lowest BCUT2D eigenvalue weighted by molar-refractivity contribution is 0.397. The first kappa shape index (κ1) is 11.0. The summed E-state index contributed by atoms with van der Waals surface area (Å²) < 4.78 is 6.85. The Morgan fingerprint density at radius 2 is 2.17 bits per heavy atom. The summed E-state index contributed by atoms with van der Waals surface area (Å²) in [5.74, 6) is 0.898. The Labute approximate surface area is 108 Å². The number of nitrogens with zero attached hydrogens (tertiary/aromatic N) is 4. The number of halogens is 1. The fourth-order valence-corrected chi connectivity index (χ4v) is 1.90. The molecule has 0 N–H and O–H groups in total. The van der Waals surface area contributed by atoms with Crippen molar-refractivity contribution in [3.63, 3.8) is 0 Å². The molecule has 6 heteroatoms. The fourth-order valence-electron chi connectivity index (χ4n) is 1.73. The van der Waals surface area contributed by atoms with E-state index in [1.807, 2.05) is 24.4 Å². The van der Waals surface area contributed by atoms with E-state index in [9.17, 15) is 0 Å². The number of rotatable bonds is 2. The van der Waals surface area contributed by atoms with Gasteiger partial charge in [0.25, 0.3) is 0 Å². The Kier molecular flexibility index (Phi) is 2.60. The largest absolute Gasteiger partial charge is 0.480 e. The van der Waals surface area contributed by atoms with E-state index in [2.05, 4.69) is 15.1 Å². The first-order chi connectivity index (χ1) is 8.79. The Morgan fingerprint density at radius 3 is 3.00 bits per heavy atom. The SMILES string of the molecule is COc1nc(-c2cnn3ccccc23)ncc1Cl. The van der Waals surface area contributed by atoms with Crippen LogP contribution >= 0.6 is 11.6 Å². The minimum atomic E-state index is 0.358. The van der Waals surface area contributed by atoms with E-state index < -0.39 is 0 Å². The fraction of sp³-hybridized carbons (Fsp3) is 0.0833. The topological polar surface area (TPSA) is 52.3 Å². The Bertz CT molecular complexity index is 710. The molecule has 3 heterocycles. The second-order valence-corrected chi connectivity index (χ2v) is 4.05. The van der Waals surface area contributed by atoms with Gasteiger partial charge in [-0.1, -0.05) is 17.7 Å². The van der Waals surface area contributed by atoms with Crippen LogP contribution in [-0.4, -0.2) is 26.7 Å². The third-order valence-electron chi connectivity index (χ3n) is 2.57. The summed E-state index contributed by atoms with van der Waals surface area (Å²) in [6.07, 6.45) is 5.11. The molecule has 0 amide bonds. The third-order valence-corrected chi connectivity index (χ3v) is 2.83. The van der Waals surface area contributed by atoms with Crippen molar-refractivity contribution in [2.24, 2.45) is 0 Å². The summed E-state index contributed by atoms with van der Waals surface area (Å²) in [6.45, 7) is 0. The molecule has 0 atom stereocenters. The van der Waals surface area contributed by atoms with E-state index in [1.165, 1.54) is 13.3 Å². The van der Waals surface area contributed by atoms with E-state index >= 15 is 0 Å². The Morgan fingerprint density at radius 1 is 1.28 bits per heavy atom. The van der Waals surface area contributed by atoms with Crippen LogP contribution in [0, 0.1) is 0 Å². The van der Waals surface area contributed by atoms with Crippen LogP contribution in [0.3, 0.4) is 0 Å². The van der Waals surface area contributed by atoms with E-state index in [-0.39, 0.29) is 0 Å². The molecule has 0 aliphatic heterocycles. The van der Waals surface area contributed by atoms with Crippen LogP contribution in [0.1, 0.15) is 0 Å². The van der Waals surface area contributed by atoms with Gasteiger partial charge in [-0.25, -0.2) is 9.50 Å². The van der Waals surface area contributed by atoms with Crippen molar-refractivity contribution >= 4 is 17.1 Å². The predicted molar refractivity (Wildman–Crippen MR) is 67.8 cm³/mol. The van der Waals surface area contributed by atoms with Gasteiger partial charge in [-0.05, 0) is 12.1 Å². The average Bonchev–Trinajstić information content (AvgIpc) is 2.83. The summed E-state index contributed by atoms with van der Waals surface area (Å²) in [7, 11) is 1.52. The van der Waals surface area contributed by atoms with E-state index in [4.69, 9.17) is 16.3 Å². The number of methoxy groups -OCH3 is 1. The zero-order chi connectivity index (χ0) is 12.5. The van der Waals surface area contributed by atoms with Gasteiger partial charge in [0.05, 0.1) is 30.6 Å². The van der Waals surface area contributed by atoms with Crippen LogP contribution in [0.2, 0.25) is 5.02 Å². The van der Waals surface area contributed by atoms with Crippen molar-refractivity contribution in [1.82, 2.24) is 19.6 Å². The standard InChI is InChI=1S/C12H9ClN4O/c1-18-12-9(13)7-14-11(16-12)8-6-15-17-5-3-2-4-10(8)17/h2-7H,1H3. The van der Waals surface area contributed by atoms with Crippen LogP contribution in [0.5, 0.6) is 5.88 Å². The van der Waals surface area contributed by atoms with Crippen LogP contribution < -0.4 is 4.74 Å². The molecule has 0 aliphatic rings. The highest BCUT2D eigenvalue weighted by molar-refractivity contribution is 6.31. The number of hydrogen-bond acceptors (Lipinski definition) is 4. The summed E-state index contributed by atoms with van der Waals surface area (Å²) in [5.41, 5.74) is 1.77. The molecule has 0 saturated heterocycles. The lowest BCUT2D eigenvalue weighted by Gasteiger charge is -2.03. The molecular weight excluding hydrogens is 252 g/mol. The van der Waals surface area contributed by atoms with Gasteiger partial charge in [-0.15, -0.1) is 0 Å². The molecular formula is C12H9ClN4O. The van der Waals surface area contributed by atoms with Gasteiger partial charge in [0.2, 0.25) is 5.88 Å². The van der Waals surface area contributed by atoms with E-state index in [0.29, 0.717) is 16.7 Å². The van der Waals surface area contributed by atoms with Gasteiger partial charge in [0.1, 0.15) is 5.02 Å². The number of hydrogen-bond donors (Lipinski definition) is 0. The second-order valence-electron chi connectivity index (χ2n) is 3.64. The highest BCUT2D eigenvalue weighted by atomic mass is 35.5. The first-order valence-electron chi connectivity index (χ1n) is 5.29. The van der Waals surface area contributed by atoms with Crippen molar-refractivity contribution in [1.29, 1.82) is 0 Å². The molecule has 18 heavy (non-hydrogen) atoms. The quantitative estimate of drug-likeness (QED) is 0.710. The maximum absolute atomic E-state index is 5.91. The molecule has 3 aromatic rings. The molecule has 0 aromatic carbocycles. The molecule has 0 unspecified atom stereocenters. The minimum absolute atomic E-state index is 0.358. The first-order valence-corrected chi connectivity index (χ1v) is 5.66. The molecule has 0 spiro atoms. The molecule has 5 nitrogen and oxygen atoms in total. The number of fused-ring (bicyclic) bond motifs is 1. The predicted octanol–water partition coefficient (Wildman–Crippen LogP) is 2.45. The lowest BCUT2D eigenvalue weighted by Crippen LogP contribution is -1.94. The Hall–Kier alpha value is -2.14. The van der Waals surface area contributed by atoms with Gasteiger partial charge < -0.3 is 4.74 Å². The Balaban J connectivity index is 2.20. The molecule has 3 aromatic heterocycles. The molecule has 90 valence electrons. The highest BCUT2D eigenvalue weighted by Gasteiger charge is 2.11. The maximum Gasteiger partial charge on any atom is 0.235 e. The third kappa shape index (κ3) is 1.69. The molecule has 0 fully saturated rings. The van der Waals surface area contributed by atoms with E-state index in [0.717, 1.165) is 11.1 Å². The van der Waals surface area contributed by atoms with Crippen LogP contribution in [0.4, 0.5) is 0 Å². The molecule has 3 rings (SSSR count). The normalized spacial score (nSPS) is 10.8. The molecule has 0 aliphatic carbocycles. The highest BCUT2D eigenvalue weighted by Crippen LogP contribution is 2.26. The van der Waals surface area contributed by atoms with Gasteiger partial charge >= 0.3 is 0 Å². The molecule has 0 bridgehead atoms. The van der Waals surface area contributed by atoms with Crippen molar-refractivity contribution in [3.05, 3.63) is 41.8 Å². The van der Waals surface area contributed by atoms with Crippen molar-refractivity contribution in [2.45, 2.75) is 0 Å². The van der Waals surface area contributed by atoms with Crippen LogP contribution in [0.15, 0.2) is 36.8 Å². The number of pyridine rings is 1. The molecule has 0 radical (unpaired) electrons. The second kappa shape index (κ2) is 4.27. The van der Waals surface area contributed by atoms with Crippen molar-refractivity contribution in [3.8, 4) is 17.3 Å². The average molecular weight is 261 g/mol. The zero-order valence-corrected chi connectivity index (χ0v) is 10.3. The maximum atomic E-state index is 5.91. The van der Waals surface area contributed by atoms with Crippen molar-refractivity contribution in [2.75, 3.05) is 7.11 Å². The van der Waals surface area contributed by atoms with Crippen molar-refractivity contribution < 1.29 is 4.74 Å². The lowest BCUT2D eigenvalue weighted by atomic mass is 10.2. The van der Waals surface area contributed by atoms with Crippen LogP contribution in [-0.2, 0) is 0 Å². The summed E-state index contributed by atoms with van der Waals surface area (Å²) in [6, 6.07) is 5.80. The number of ether oxygens (including phenoxy) is 1.